The van der Waals surface area contributed by atoms with Crippen LogP contribution in [-0.2, 0) is 0 Å². The molecule has 0 spiro atoms. The van der Waals surface area contributed by atoms with Crippen molar-refractivity contribution in [2.45, 2.75) is 0 Å². The largest absolute Gasteiger partial charge is 0.477 e. The van der Waals surface area contributed by atoms with Gasteiger partial charge in [-0.05, 0) is 30.3 Å². The molecule has 3 rings (SSSR count). The average Bonchev–Trinajstić information content (AvgIpc) is 2.91. The second-order valence-electron chi connectivity index (χ2n) is 3.67. The van der Waals surface area contributed by atoms with Gasteiger partial charge in [-0.1, -0.05) is 0 Å². The van der Waals surface area contributed by atoms with E-state index in [9.17, 15) is 4.79 Å². The highest BCUT2D eigenvalue weighted by molar-refractivity contribution is 5.88. The minimum Gasteiger partial charge on any atom is -0.477 e. The first-order valence-corrected chi connectivity index (χ1v) is 5.25. The van der Waals surface area contributed by atoms with Crippen LogP contribution in [0.25, 0.3) is 16.9 Å². The number of aromatic carboxylic acids is 1. The van der Waals surface area contributed by atoms with Crippen molar-refractivity contribution in [1.82, 2.24) is 19.7 Å². The molecule has 18 heavy (non-hydrogen) atoms. The number of carbonyl (C=O) groups is 1. The maximum Gasteiger partial charge on any atom is 0.354 e. The van der Waals surface area contributed by atoms with Crippen molar-refractivity contribution in [3.05, 3.63) is 48.4 Å². The highest BCUT2D eigenvalue weighted by atomic mass is 16.4. The number of hydrogen-bond donors (Lipinski definition) is 1. The van der Waals surface area contributed by atoms with Crippen LogP contribution < -0.4 is 0 Å². The molecular weight excluding hydrogens is 232 g/mol. The SMILES string of the molecule is O=C(O)c1ccc2ccc(-n3cccn3)nc2n1. The van der Waals surface area contributed by atoms with E-state index in [1.807, 2.05) is 6.07 Å². The van der Waals surface area contributed by atoms with E-state index >= 15 is 0 Å². The lowest BCUT2D eigenvalue weighted by atomic mass is 10.2. The van der Waals surface area contributed by atoms with Crippen LogP contribution in [0.2, 0.25) is 0 Å². The molecule has 3 heterocycles. The van der Waals surface area contributed by atoms with Gasteiger partial charge >= 0.3 is 5.97 Å². The fourth-order valence-electron chi connectivity index (χ4n) is 1.64. The Hall–Kier alpha value is -2.76. The van der Waals surface area contributed by atoms with Gasteiger partial charge in [-0.15, -0.1) is 0 Å². The van der Waals surface area contributed by atoms with Crippen molar-refractivity contribution >= 4 is 17.0 Å². The standard InChI is InChI=1S/C12H8N4O2/c17-12(18)9-4-2-8-3-5-10(15-11(8)14-9)16-7-1-6-13-16/h1-7H,(H,17,18). The predicted molar refractivity (Wildman–Crippen MR) is 63.6 cm³/mol. The normalized spacial score (nSPS) is 10.7. The maximum absolute atomic E-state index is 10.9. The fourth-order valence-corrected chi connectivity index (χ4v) is 1.64. The van der Waals surface area contributed by atoms with E-state index in [1.54, 1.807) is 35.3 Å². The van der Waals surface area contributed by atoms with E-state index < -0.39 is 5.97 Å². The molecule has 0 bridgehead atoms. The second-order valence-corrected chi connectivity index (χ2v) is 3.67. The van der Waals surface area contributed by atoms with Crippen molar-refractivity contribution in [3.63, 3.8) is 0 Å². The summed E-state index contributed by atoms with van der Waals surface area (Å²) in [6.07, 6.45) is 3.40. The zero-order valence-electron chi connectivity index (χ0n) is 9.19. The monoisotopic (exact) mass is 240 g/mol. The summed E-state index contributed by atoms with van der Waals surface area (Å²) in [5.41, 5.74) is 0.371. The Labute approximate surface area is 102 Å². The Morgan fingerprint density at radius 3 is 2.72 bits per heavy atom. The summed E-state index contributed by atoms with van der Waals surface area (Å²) >= 11 is 0. The summed E-state index contributed by atoms with van der Waals surface area (Å²) < 4.78 is 1.59. The molecule has 0 fully saturated rings. The molecule has 3 aromatic rings. The number of carboxylic acid groups (broad SMARTS) is 1. The van der Waals surface area contributed by atoms with Crippen molar-refractivity contribution in [3.8, 4) is 5.82 Å². The number of hydrogen-bond acceptors (Lipinski definition) is 4. The maximum atomic E-state index is 10.9. The summed E-state index contributed by atoms with van der Waals surface area (Å²) in [6, 6.07) is 8.56. The third-order valence-corrected chi connectivity index (χ3v) is 2.50. The molecule has 0 radical (unpaired) electrons. The van der Waals surface area contributed by atoms with Gasteiger partial charge in [-0.25, -0.2) is 19.4 Å². The average molecular weight is 240 g/mol. The molecule has 88 valence electrons. The molecule has 6 heteroatoms. The molecule has 0 aliphatic rings. The van der Waals surface area contributed by atoms with Crippen LogP contribution in [0.3, 0.4) is 0 Å². The fraction of sp³-hybridized carbons (Fsp3) is 0. The first-order chi connectivity index (χ1) is 8.74. The molecule has 0 saturated carbocycles. The Kier molecular flexibility index (Phi) is 2.26. The van der Waals surface area contributed by atoms with Gasteiger partial charge < -0.3 is 5.11 Å². The summed E-state index contributed by atoms with van der Waals surface area (Å²) in [5, 5.41) is 13.7. The van der Waals surface area contributed by atoms with E-state index in [2.05, 4.69) is 15.1 Å². The number of fused-ring (bicyclic) bond motifs is 1. The minimum absolute atomic E-state index is 0.0207. The topological polar surface area (TPSA) is 80.9 Å². The molecule has 0 aromatic carbocycles. The molecule has 0 amide bonds. The lowest BCUT2D eigenvalue weighted by Crippen LogP contribution is -2.03. The predicted octanol–water partition coefficient (Wildman–Crippen LogP) is 1.51. The van der Waals surface area contributed by atoms with Crippen molar-refractivity contribution < 1.29 is 9.90 Å². The van der Waals surface area contributed by atoms with Crippen LogP contribution in [-0.4, -0.2) is 30.8 Å². The third kappa shape index (κ3) is 1.69. The van der Waals surface area contributed by atoms with Gasteiger partial charge in [0.05, 0.1) is 0 Å². The Morgan fingerprint density at radius 2 is 2.00 bits per heavy atom. The van der Waals surface area contributed by atoms with Crippen LogP contribution in [0.15, 0.2) is 42.7 Å². The first-order valence-electron chi connectivity index (χ1n) is 5.25. The van der Waals surface area contributed by atoms with Gasteiger partial charge in [-0.3, -0.25) is 0 Å². The van der Waals surface area contributed by atoms with Crippen LogP contribution >= 0.6 is 0 Å². The Balaban J connectivity index is 2.18. The van der Waals surface area contributed by atoms with Crippen LogP contribution in [0.5, 0.6) is 0 Å². The van der Waals surface area contributed by atoms with E-state index in [-0.39, 0.29) is 5.69 Å². The lowest BCUT2D eigenvalue weighted by Gasteiger charge is -2.02. The smallest absolute Gasteiger partial charge is 0.354 e. The summed E-state index contributed by atoms with van der Waals surface area (Å²) in [5.74, 6) is -0.467. The second kappa shape index (κ2) is 3.92. The number of aromatic nitrogens is 4. The molecule has 0 aliphatic carbocycles. The third-order valence-electron chi connectivity index (χ3n) is 2.50. The number of pyridine rings is 2. The van der Waals surface area contributed by atoms with Gasteiger partial charge in [-0.2, -0.15) is 5.10 Å². The van der Waals surface area contributed by atoms with Gasteiger partial charge in [0.2, 0.25) is 0 Å². The molecule has 0 unspecified atom stereocenters. The first kappa shape index (κ1) is 10.4. The number of carboxylic acids is 1. The highest BCUT2D eigenvalue weighted by Gasteiger charge is 2.07. The number of rotatable bonds is 2. The zero-order valence-corrected chi connectivity index (χ0v) is 9.19. The van der Waals surface area contributed by atoms with Gasteiger partial charge in [0.15, 0.2) is 17.2 Å². The molecular formula is C12H8N4O2. The van der Waals surface area contributed by atoms with Crippen LogP contribution in [0, 0.1) is 0 Å². The van der Waals surface area contributed by atoms with E-state index in [4.69, 9.17) is 5.11 Å². The van der Waals surface area contributed by atoms with Crippen LogP contribution in [0.1, 0.15) is 10.5 Å². The van der Waals surface area contributed by atoms with E-state index in [1.165, 1.54) is 6.07 Å². The Morgan fingerprint density at radius 1 is 1.17 bits per heavy atom. The van der Waals surface area contributed by atoms with Gasteiger partial charge in [0.25, 0.3) is 0 Å². The van der Waals surface area contributed by atoms with E-state index in [0.717, 1.165) is 5.39 Å². The summed E-state index contributed by atoms with van der Waals surface area (Å²) in [6.45, 7) is 0. The molecule has 1 N–H and O–H groups in total. The van der Waals surface area contributed by atoms with Crippen molar-refractivity contribution in [2.24, 2.45) is 0 Å². The van der Waals surface area contributed by atoms with Crippen LogP contribution in [0.4, 0.5) is 0 Å². The summed E-state index contributed by atoms with van der Waals surface area (Å²) in [7, 11) is 0. The molecule has 0 atom stereocenters. The van der Waals surface area contributed by atoms with Gasteiger partial charge in [0.1, 0.15) is 0 Å². The highest BCUT2D eigenvalue weighted by Crippen LogP contribution is 2.13. The minimum atomic E-state index is -1.07. The summed E-state index contributed by atoms with van der Waals surface area (Å²) in [4.78, 5) is 19.1. The van der Waals surface area contributed by atoms with Gasteiger partial charge in [0, 0.05) is 17.8 Å². The zero-order chi connectivity index (χ0) is 12.5. The molecule has 0 aliphatic heterocycles. The quantitative estimate of drug-likeness (QED) is 0.734. The lowest BCUT2D eigenvalue weighted by molar-refractivity contribution is 0.0691. The molecule has 0 saturated heterocycles. The van der Waals surface area contributed by atoms with Crippen molar-refractivity contribution in [1.29, 1.82) is 0 Å². The molecule has 3 aromatic heterocycles. The van der Waals surface area contributed by atoms with Crippen molar-refractivity contribution in [2.75, 3.05) is 0 Å². The van der Waals surface area contributed by atoms with E-state index in [0.29, 0.717) is 11.5 Å². The Bertz CT molecular complexity index is 722. The number of nitrogens with zero attached hydrogens (tertiary/aromatic N) is 4. The molecule has 6 nitrogen and oxygen atoms in total.